The van der Waals surface area contributed by atoms with Gasteiger partial charge in [-0.05, 0) is 31.5 Å². The van der Waals surface area contributed by atoms with Crippen molar-refractivity contribution in [3.8, 4) is 5.75 Å². The fourth-order valence-electron chi connectivity index (χ4n) is 2.94. The van der Waals surface area contributed by atoms with E-state index < -0.39 is 16.9 Å². The van der Waals surface area contributed by atoms with Gasteiger partial charge in [-0.2, -0.15) is 0 Å². The van der Waals surface area contributed by atoms with Crippen LogP contribution in [-0.2, 0) is 28.0 Å². The first-order valence-electron chi connectivity index (χ1n) is 8.59. The summed E-state index contributed by atoms with van der Waals surface area (Å²) in [4.78, 5) is 16.9. The Morgan fingerprint density at radius 1 is 1.46 bits per heavy atom. The van der Waals surface area contributed by atoms with Crippen LogP contribution in [0.3, 0.4) is 0 Å². The predicted octanol–water partition coefficient (Wildman–Crippen LogP) is 1.86. The van der Waals surface area contributed by atoms with E-state index in [1.54, 1.807) is 26.0 Å². The minimum atomic E-state index is -0.820. The van der Waals surface area contributed by atoms with Gasteiger partial charge in [0.05, 0.1) is 19.6 Å². The monoisotopic (exact) mass is 388 g/mol. The molecule has 1 aliphatic rings. The normalized spacial score (nSPS) is 15.8. The van der Waals surface area contributed by atoms with Crippen LogP contribution in [0.4, 0.5) is 4.39 Å². The molecule has 0 saturated carbocycles. The molecule has 0 atom stereocenters. The number of nitrogens with two attached hydrogens (primary N) is 1. The highest BCUT2D eigenvalue weighted by Crippen LogP contribution is 2.29. The maximum Gasteiger partial charge on any atom is 0.296 e. The summed E-state index contributed by atoms with van der Waals surface area (Å²) in [7, 11) is 0. The van der Waals surface area contributed by atoms with E-state index in [1.165, 1.54) is 16.7 Å². The summed E-state index contributed by atoms with van der Waals surface area (Å²) in [6.45, 7) is 7.90. The van der Waals surface area contributed by atoms with Crippen LogP contribution in [0.2, 0.25) is 0 Å². The van der Waals surface area contributed by atoms with Crippen LogP contribution in [0.25, 0.3) is 5.76 Å². The molecule has 1 aromatic heterocycles. The van der Waals surface area contributed by atoms with Crippen molar-refractivity contribution in [1.29, 1.82) is 0 Å². The molecule has 3 rings (SSSR count). The van der Waals surface area contributed by atoms with E-state index >= 15 is 0 Å². The van der Waals surface area contributed by atoms with E-state index in [0.29, 0.717) is 18.0 Å². The van der Waals surface area contributed by atoms with E-state index in [4.69, 9.17) is 15.3 Å². The number of benzene rings is 1. The lowest BCUT2D eigenvalue weighted by molar-refractivity contribution is -0.0566. The highest BCUT2D eigenvalue weighted by molar-refractivity contribution is 5.84. The van der Waals surface area contributed by atoms with Crippen molar-refractivity contribution >= 4 is 11.7 Å². The van der Waals surface area contributed by atoms with Crippen LogP contribution in [0, 0.1) is 5.82 Å². The Labute approximate surface area is 160 Å². The van der Waals surface area contributed by atoms with Crippen LogP contribution in [-0.4, -0.2) is 27.2 Å². The Morgan fingerprint density at radius 2 is 2.14 bits per heavy atom. The highest BCUT2D eigenvalue weighted by atomic mass is 19.1. The molecule has 1 aliphatic heterocycles. The SMILES string of the molecule is C=C(O/C(Cc1ccc(F)cc1)=N\N)c1nc2n(c(=O)c1O)CCOC2(C)C. The predicted molar refractivity (Wildman–Crippen MR) is 101 cm³/mol. The fraction of sp³-hybridized carbons (Fsp3) is 0.316. The van der Waals surface area contributed by atoms with Crippen molar-refractivity contribution in [2.24, 2.45) is 10.9 Å². The smallest absolute Gasteiger partial charge is 0.296 e. The number of fused-ring (bicyclic) bond motifs is 1. The van der Waals surface area contributed by atoms with Gasteiger partial charge in [-0.3, -0.25) is 9.36 Å². The van der Waals surface area contributed by atoms with E-state index in [-0.39, 0.29) is 36.1 Å². The second-order valence-corrected chi connectivity index (χ2v) is 6.80. The van der Waals surface area contributed by atoms with Gasteiger partial charge in [0.25, 0.3) is 5.56 Å². The number of hydrazone groups is 1. The van der Waals surface area contributed by atoms with E-state index in [9.17, 15) is 14.3 Å². The number of hydrogen-bond acceptors (Lipinski definition) is 7. The average Bonchev–Trinajstić information content (AvgIpc) is 2.65. The van der Waals surface area contributed by atoms with Gasteiger partial charge in [-0.15, -0.1) is 5.10 Å². The minimum Gasteiger partial charge on any atom is -0.501 e. The van der Waals surface area contributed by atoms with Crippen LogP contribution in [0.15, 0.2) is 40.7 Å². The van der Waals surface area contributed by atoms with Crippen molar-refractivity contribution in [3.63, 3.8) is 0 Å². The molecule has 0 fully saturated rings. The number of hydrogen-bond donors (Lipinski definition) is 2. The molecule has 148 valence electrons. The zero-order chi connectivity index (χ0) is 20.5. The third-order valence-corrected chi connectivity index (χ3v) is 4.38. The number of nitrogens with zero attached hydrogens (tertiary/aromatic N) is 3. The molecular weight excluding hydrogens is 367 g/mol. The summed E-state index contributed by atoms with van der Waals surface area (Å²) in [6, 6.07) is 5.73. The molecule has 0 aliphatic carbocycles. The van der Waals surface area contributed by atoms with E-state index in [1.807, 2.05) is 0 Å². The Bertz CT molecular complexity index is 996. The van der Waals surface area contributed by atoms with Crippen molar-refractivity contribution < 1.29 is 19.0 Å². The molecule has 0 bridgehead atoms. The van der Waals surface area contributed by atoms with Gasteiger partial charge >= 0.3 is 0 Å². The Kier molecular flexibility index (Phi) is 5.19. The zero-order valence-corrected chi connectivity index (χ0v) is 15.6. The molecule has 0 saturated heterocycles. The van der Waals surface area contributed by atoms with E-state index in [0.717, 1.165) is 0 Å². The van der Waals surface area contributed by atoms with Crippen molar-refractivity contribution in [3.05, 3.63) is 64.1 Å². The van der Waals surface area contributed by atoms with Gasteiger partial charge < -0.3 is 20.4 Å². The van der Waals surface area contributed by atoms with Crippen molar-refractivity contribution in [1.82, 2.24) is 9.55 Å². The largest absolute Gasteiger partial charge is 0.501 e. The molecule has 28 heavy (non-hydrogen) atoms. The Hall–Kier alpha value is -3.20. The Balaban J connectivity index is 1.89. The molecule has 3 N–H and O–H groups in total. The first-order chi connectivity index (χ1) is 13.2. The van der Waals surface area contributed by atoms with Crippen LogP contribution in [0.1, 0.15) is 30.9 Å². The lowest BCUT2D eigenvalue weighted by Gasteiger charge is -2.32. The van der Waals surface area contributed by atoms with Gasteiger partial charge in [0.15, 0.2) is 11.5 Å². The minimum absolute atomic E-state index is 0.0612. The van der Waals surface area contributed by atoms with E-state index in [2.05, 4.69) is 16.7 Å². The molecule has 2 heterocycles. The standard InChI is InChI=1S/C19H21FN4O4/c1-11(28-14(23-21)10-12-4-6-13(20)7-5-12)15-16(25)17(26)24-8-9-27-19(2,3)18(24)22-15/h4-7,25H,1,8-10,21H2,2-3H3/b23-14-. The molecule has 2 aromatic rings. The number of ether oxygens (including phenoxy) is 2. The number of halogens is 1. The summed E-state index contributed by atoms with van der Waals surface area (Å²) in [6.07, 6.45) is 0.162. The molecule has 1 aromatic carbocycles. The second-order valence-electron chi connectivity index (χ2n) is 6.80. The lowest BCUT2D eigenvalue weighted by atomic mass is 10.1. The number of rotatable bonds is 4. The van der Waals surface area contributed by atoms with Gasteiger partial charge in [-0.25, -0.2) is 9.37 Å². The van der Waals surface area contributed by atoms with Gasteiger partial charge in [0, 0.05) is 0 Å². The molecule has 0 amide bonds. The lowest BCUT2D eigenvalue weighted by Crippen LogP contribution is -2.41. The second kappa shape index (κ2) is 7.43. The first-order valence-corrected chi connectivity index (χ1v) is 8.59. The maximum atomic E-state index is 13.0. The molecular formula is C19H21FN4O4. The quantitative estimate of drug-likeness (QED) is 0.272. The van der Waals surface area contributed by atoms with Crippen LogP contribution in [0.5, 0.6) is 5.75 Å². The van der Waals surface area contributed by atoms with Crippen molar-refractivity contribution in [2.45, 2.75) is 32.4 Å². The molecule has 0 unspecified atom stereocenters. The number of aromatic nitrogens is 2. The summed E-state index contributed by atoms with van der Waals surface area (Å²) < 4.78 is 25.6. The topological polar surface area (TPSA) is 112 Å². The Morgan fingerprint density at radius 3 is 2.79 bits per heavy atom. The van der Waals surface area contributed by atoms with Gasteiger partial charge in [0.1, 0.15) is 17.2 Å². The van der Waals surface area contributed by atoms with Gasteiger partial charge in [-0.1, -0.05) is 18.7 Å². The third-order valence-electron chi connectivity index (χ3n) is 4.38. The third kappa shape index (κ3) is 3.74. The average molecular weight is 388 g/mol. The highest BCUT2D eigenvalue weighted by Gasteiger charge is 2.33. The van der Waals surface area contributed by atoms with Crippen molar-refractivity contribution in [2.75, 3.05) is 6.61 Å². The molecule has 0 spiro atoms. The van der Waals surface area contributed by atoms with Gasteiger partial charge in [0.2, 0.25) is 11.6 Å². The summed E-state index contributed by atoms with van der Waals surface area (Å²) in [5.41, 5.74) is -0.837. The first kappa shape index (κ1) is 19.6. The summed E-state index contributed by atoms with van der Waals surface area (Å²) >= 11 is 0. The van der Waals surface area contributed by atoms with Crippen LogP contribution < -0.4 is 11.4 Å². The molecule has 0 radical (unpaired) electrons. The summed E-state index contributed by atoms with van der Waals surface area (Å²) in [5.74, 6) is 4.75. The maximum absolute atomic E-state index is 13.0. The fourth-order valence-corrected chi connectivity index (χ4v) is 2.94. The zero-order valence-electron chi connectivity index (χ0n) is 15.6. The molecule has 8 nitrogen and oxygen atoms in total. The molecule has 9 heteroatoms. The van der Waals surface area contributed by atoms with Crippen LogP contribution >= 0.6 is 0 Å². The summed E-state index contributed by atoms with van der Waals surface area (Å²) in [5, 5.41) is 13.9. The number of aromatic hydroxyl groups is 1.